The maximum Gasteiger partial charge on any atom is 0.241 e. The van der Waals surface area contributed by atoms with Gasteiger partial charge in [-0.1, -0.05) is 73.7 Å². The first-order chi connectivity index (χ1) is 19.9. The van der Waals surface area contributed by atoms with Gasteiger partial charge in [-0.3, -0.25) is 4.79 Å². The van der Waals surface area contributed by atoms with Gasteiger partial charge in [0, 0.05) is 18.4 Å². The van der Waals surface area contributed by atoms with Crippen molar-refractivity contribution in [1.29, 1.82) is 0 Å². The predicted molar refractivity (Wildman–Crippen MR) is 162 cm³/mol. The third-order valence-corrected chi connectivity index (χ3v) is 8.86. The average Bonchev–Trinajstić information content (AvgIpc) is 2.99. The highest BCUT2D eigenvalue weighted by molar-refractivity contribution is 7.89. The van der Waals surface area contributed by atoms with Crippen LogP contribution in [0.5, 0.6) is 5.75 Å². The van der Waals surface area contributed by atoms with Gasteiger partial charge in [-0.2, -0.15) is 0 Å². The molecule has 1 amide bonds. The number of hydrogen-bond acceptors (Lipinski definition) is 5. The highest BCUT2D eigenvalue weighted by atomic mass is 32.2. The van der Waals surface area contributed by atoms with Crippen LogP contribution < -0.4 is 20.1 Å². The fraction of sp³-hybridized carbons (Fsp3) is 0.303. The Morgan fingerprint density at radius 1 is 0.927 bits per heavy atom. The Labute approximate surface area is 242 Å². The number of hydrogen-bond donors (Lipinski definition) is 3. The van der Waals surface area contributed by atoms with Crippen LogP contribution in [-0.4, -0.2) is 34.0 Å². The summed E-state index contributed by atoms with van der Waals surface area (Å²) in [5.74, 6) is 0.552. The molecule has 1 aliphatic heterocycles. The van der Waals surface area contributed by atoms with Gasteiger partial charge in [0.05, 0.1) is 23.6 Å². The summed E-state index contributed by atoms with van der Waals surface area (Å²) >= 11 is 0. The minimum absolute atomic E-state index is 0.0376. The van der Waals surface area contributed by atoms with Gasteiger partial charge in [0.15, 0.2) is 0 Å². The zero-order valence-corrected chi connectivity index (χ0v) is 24.1. The fourth-order valence-corrected chi connectivity index (χ4v) is 6.48. The van der Waals surface area contributed by atoms with E-state index in [4.69, 9.17) is 4.74 Å². The molecule has 0 bridgehead atoms. The van der Waals surface area contributed by atoms with E-state index in [-0.39, 0.29) is 23.3 Å². The van der Waals surface area contributed by atoms with Gasteiger partial charge in [-0.15, -0.1) is 0 Å². The minimum atomic E-state index is -3.90. The topological polar surface area (TPSA) is 96.5 Å². The fourth-order valence-electron chi connectivity index (χ4n) is 5.23. The van der Waals surface area contributed by atoms with Crippen molar-refractivity contribution in [2.24, 2.45) is 0 Å². The van der Waals surface area contributed by atoms with Crippen LogP contribution in [0, 0.1) is 0 Å². The van der Waals surface area contributed by atoms with Crippen LogP contribution in [0.2, 0.25) is 0 Å². The number of fused-ring (bicyclic) bond motifs is 2. The average molecular weight is 572 g/mol. The van der Waals surface area contributed by atoms with Gasteiger partial charge in [0.1, 0.15) is 5.75 Å². The first-order valence-corrected chi connectivity index (χ1v) is 15.7. The molecule has 7 nitrogen and oxygen atoms in total. The second-order valence-electron chi connectivity index (χ2n) is 10.4. The molecule has 0 saturated carbocycles. The van der Waals surface area contributed by atoms with Crippen LogP contribution in [-0.2, 0) is 21.2 Å². The molecule has 214 valence electrons. The van der Waals surface area contributed by atoms with Gasteiger partial charge >= 0.3 is 0 Å². The Kier molecular flexibility index (Phi) is 9.34. The molecule has 4 aromatic rings. The van der Waals surface area contributed by atoms with E-state index in [9.17, 15) is 13.2 Å². The smallest absolute Gasteiger partial charge is 0.241 e. The molecule has 8 heteroatoms. The van der Waals surface area contributed by atoms with Crippen LogP contribution in [0.25, 0.3) is 10.8 Å². The standard InChI is InChI=1S/C33H37N3O4S/c1-2-18-34-19-16-24-12-15-32-29(21-24)30(17-20-40-32)35-33(37)23-31(26-9-4-3-5-10-26)36-41(38,39)28-14-13-25-8-6-7-11-27(25)22-28/h3-15,21-22,30-31,34,36H,2,16-20,23H2,1H3,(H,35,37). The largest absolute Gasteiger partial charge is 0.493 e. The zero-order valence-electron chi connectivity index (χ0n) is 23.3. The summed E-state index contributed by atoms with van der Waals surface area (Å²) in [6.45, 7) is 4.53. The zero-order chi connectivity index (χ0) is 28.7. The van der Waals surface area contributed by atoms with E-state index in [2.05, 4.69) is 34.4 Å². The summed E-state index contributed by atoms with van der Waals surface area (Å²) < 4.78 is 35.7. The highest BCUT2D eigenvalue weighted by Crippen LogP contribution is 2.33. The van der Waals surface area contributed by atoms with Gasteiger partial charge in [0.2, 0.25) is 15.9 Å². The monoisotopic (exact) mass is 571 g/mol. The Morgan fingerprint density at radius 2 is 1.71 bits per heavy atom. The van der Waals surface area contributed by atoms with Crippen molar-refractivity contribution in [2.45, 2.75) is 49.6 Å². The van der Waals surface area contributed by atoms with Crippen molar-refractivity contribution in [3.8, 4) is 5.75 Å². The summed E-state index contributed by atoms with van der Waals surface area (Å²) in [6, 6.07) is 27.1. The number of carbonyl (C=O) groups is 1. The lowest BCUT2D eigenvalue weighted by Crippen LogP contribution is -2.36. The number of carbonyl (C=O) groups excluding carboxylic acids is 1. The Bertz CT molecular complexity index is 1590. The van der Waals surface area contributed by atoms with E-state index in [0.717, 1.165) is 53.6 Å². The van der Waals surface area contributed by atoms with Crippen molar-refractivity contribution in [3.63, 3.8) is 0 Å². The van der Waals surface area contributed by atoms with Crippen molar-refractivity contribution in [2.75, 3.05) is 19.7 Å². The summed E-state index contributed by atoms with van der Waals surface area (Å²) in [7, 11) is -3.90. The second kappa shape index (κ2) is 13.3. The summed E-state index contributed by atoms with van der Waals surface area (Å²) in [5.41, 5.74) is 2.87. The number of sulfonamides is 1. The van der Waals surface area contributed by atoms with Gasteiger partial charge in [-0.05, 0) is 72.1 Å². The first kappa shape index (κ1) is 28.8. The van der Waals surface area contributed by atoms with E-state index in [1.54, 1.807) is 18.2 Å². The number of rotatable bonds is 12. The van der Waals surface area contributed by atoms with E-state index < -0.39 is 16.1 Å². The quantitative estimate of drug-likeness (QED) is 0.197. The molecule has 2 unspecified atom stereocenters. The highest BCUT2D eigenvalue weighted by Gasteiger charge is 2.27. The van der Waals surface area contributed by atoms with Crippen molar-refractivity contribution in [1.82, 2.24) is 15.4 Å². The third kappa shape index (κ3) is 7.33. The van der Waals surface area contributed by atoms with Gasteiger partial charge in [0.25, 0.3) is 0 Å². The van der Waals surface area contributed by atoms with E-state index >= 15 is 0 Å². The number of benzene rings is 4. The maximum atomic E-state index is 13.5. The van der Waals surface area contributed by atoms with E-state index in [1.165, 1.54) is 5.56 Å². The molecule has 3 N–H and O–H groups in total. The van der Waals surface area contributed by atoms with Crippen molar-refractivity contribution < 1.29 is 17.9 Å². The molecule has 2 atom stereocenters. The lowest BCUT2D eigenvalue weighted by Gasteiger charge is -2.28. The van der Waals surface area contributed by atoms with Crippen LogP contribution in [0.3, 0.4) is 0 Å². The maximum absolute atomic E-state index is 13.5. The second-order valence-corrected chi connectivity index (χ2v) is 12.1. The lowest BCUT2D eigenvalue weighted by atomic mass is 9.96. The molecule has 4 aromatic carbocycles. The predicted octanol–water partition coefficient (Wildman–Crippen LogP) is 5.43. The van der Waals surface area contributed by atoms with Crippen molar-refractivity contribution in [3.05, 3.63) is 108 Å². The molecule has 1 heterocycles. The molecular formula is C33H37N3O4S. The summed E-state index contributed by atoms with van der Waals surface area (Å²) in [5, 5.41) is 8.38. The molecule has 0 aliphatic carbocycles. The Balaban J connectivity index is 1.32. The number of ether oxygens (including phenoxy) is 1. The Hall–Kier alpha value is -3.72. The van der Waals surface area contributed by atoms with E-state index in [0.29, 0.717) is 13.0 Å². The van der Waals surface area contributed by atoms with E-state index in [1.807, 2.05) is 60.7 Å². The first-order valence-electron chi connectivity index (χ1n) is 14.2. The molecule has 0 spiro atoms. The lowest BCUT2D eigenvalue weighted by molar-refractivity contribution is -0.122. The summed E-state index contributed by atoms with van der Waals surface area (Å²) in [4.78, 5) is 13.6. The van der Waals surface area contributed by atoms with Crippen LogP contribution >= 0.6 is 0 Å². The molecule has 0 aromatic heterocycles. The van der Waals surface area contributed by atoms with Crippen LogP contribution in [0.15, 0.2) is 95.9 Å². The molecule has 41 heavy (non-hydrogen) atoms. The van der Waals surface area contributed by atoms with Crippen LogP contribution in [0.1, 0.15) is 55.0 Å². The molecule has 0 radical (unpaired) electrons. The molecular weight excluding hydrogens is 534 g/mol. The normalized spacial score (nSPS) is 15.6. The molecule has 0 saturated heterocycles. The van der Waals surface area contributed by atoms with Crippen LogP contribution in [0.4, 0.5) is 0 Å². The van der Waals surface area contributed by atoms with Gasteiger partial charge < -0.3 is 15.4 Å². The number of amides is 1. The Morgan fingerprint density at radius 3 is 2.51 bits per heavy atom. The molecule has 1 aliphatic rings. The SMILES string of the molecule is CCCNCCc1ccc2c(c1)C(NC(=O)CC(NS(=O)(=O)c1ccc3ccccc3c1)c1ccccc1)CCO2. The summed E-state index contributed by atoms with van der Waals surface area (Å²) in [6.07, 6.45) is 2.59. The minimum Gasteiger partial charge on any atom is -0.493 e. The molecule has 0 fully saturated rings. The third-order valence-electron chi connectivity index (χ3n) is 7.39. The number of nitrogens with one attached hydrogen (secondary N) is 3. The molecule has 5 rings (SSSR count). The van der Waals surface area contributed by atoms with Crippen molar-refractivity contribution >= 4 is 26.7 Å². The van der Waals surface area contributed by atoms with Gasteiger partial charge in [-0.25, -0.2) is 13.1 Å².